The van der Waals surface area contributed by atoms with Crippen LogP contribution < -0.4 is 5.32 Å². The molecule has 0 amide bonds. The summed E-state index contributed by atoms with van der Waals surface area (Å²) in [4.78, 5) is 0. The summed E-state index contributed by atoms with van der Waals surface area (Å²) >= 11 is 0. The smallest absolute Gasteiger partial charge is 0.0897 e. The maximum Gasteiger partial charge on any atom is 0.0897 e. The van der Waals surface area contributed by atoms with Crippen LogP contribution in [0.2, 0.25) is 0 Å². The van der Waals surface area contributed by atoms with Gasteiger partial charge in [-0.05, 0) is 13.5 Å². The van der Waals surface area contributed by atoms with Crippen molar-refractivity contribution in [3.05, 3.63) is 0 Å². The molecule has 13 heavy (non-hydrogen) atoms. The lowest BCUT2D eigenvalue weighted by Gasteiger charge is -2.12. The molecule has 78 valence electrons. The van der Waals surface area contributed by atoms with E-state index in [1.165, 1.54) is 0 Å². The molecule has 0 aromatic carbocycles. The first-order chi connectivity index (χ1) is 6.33. The Morgan fingerprint density at radius 1 is 1.69 bits per heavy atom. The van der Waals surface area contributed by atoms with E-state index in [0.717, 1.165) is 19.6 Å². The summed E-state index contributed by atoms with van der Waals surface area (Å²) in [6.07, 6.45) is 0.689. The summed E-state index contributed by atoms with van der Waals surface area (Å²) in [5.74, 6) is 0.529. The van der Waals surface area contributed by atoms with Gasteiger partial charge in [-0.1, -0.05) is 0 Å². The van der Waals surface area contributed by atoms with Crippen molar-refractivity contribution in [1.82, 2.24) is 5.32 Å². The van der Waals surface area contributed by atoms with Gasteiger partial charge in [0.15, 0.2) is 0 Å². The van der Waals surface area contributed by atoms with Crippen molar-refractivity contribution in [3.63, 3.8) is 0 Å². The second-order valence-corrected chi connectivity index (χ2v) is 3.48. The summed E-state index contributed by atoms with van der Waals surface area (Å²) < 4.78 is 10.6. The van der Waals surface area contributed by atoms with E-state index < -0.39 is 6.10 Å². The van der Waals surface area contributed by atoms with Gasteiger partial charge in [0.05, 0.1) is 25.9 Å². The first-order valence-electron chi connectivity index (χ1n) is 4.81. The lowest BCUT2D eigenvalue weighted by Crippen LogP contribution is -2.28. The predicted octanol–water partition coefficient (Wildman–Crippen LogP) is -0.380. The van der Waals surface area contributed by atoms with E-state index in [9.17, 15) is 5.11 Å². The predicted molar refractivity (Wildman–Crippen MR) is 49.7 cm³/mol. The third-order valence-electron chi connectivity index (χ3n) is 2.13. The molecule has 0 saturated carbocycles. The molecular weight excluding hydrogens is 170 g/mol. The maximum absolute atomic E-state index is 9.30. The minimum absolute atomic E-state index is 0.396. The number of likely N-dealkylation sites (N-methyl/N-ethyl adjacent to an activating group) is 1. The van der Waals surface area contributed by atoms with E-state index in [0.29, 0.717) is 25.7 Å². The van der Waals surface area contributed by atoms with Crippen molar-refractivity contribution >= 4 is 0 Å². The van der Waals surface area contributed by atoms with Gasteiger partial charge in [0.25, 0.3) is 0 Å². The molecule has 4 heteroatoms. The molecule has 0 spiro atoms. The summed E-state index contributed by atoms with van der Waals surface area (Å²) in [6.45, 7) is 3.37. The number of nitrogens with one attached hydrogen (secondary N) is 1. The van der Waals surface area contributed by atoms with Crippen LogP contribution in [0.25, 0.3) is 0 Å². The number of aliphatic hydroxyl groups is 1. The van der Waals surface area contributed by atoms with Crippen molar-refractivity contribution in [2.24, 2.45) is 5.92 Å². The van der Waals surface area contributed by atoms with Crippen LogP contribution in [-0.4, -0.2) is 51.2 Å². The number of hydrogen-bond donors (Lipinski definition) is 2. The first-order valence-corrected chi connectivity index (χ1v) is 4.81. The van der Waals surface area contributed by atoms with E-state index >= 15 is 0 Å². The minimum atomic E-state index is -0.396. The molecule has 1 aliphatic rings. The summed E-state index contributed by atoms with van der Waals surface area (Å²) in [5.41, 5.74) is 0. The number of aliphatic hydroxyl groups excluding tert-OH is 1. The molecular formula is C9H19NO3. The van der Waals surface area contributed by atoms with Crippen molar-refractivity contribution in [3.8, 4) is 0 Å². The zero-order valence-electron chi connectivity index (χ0n) is 8.16. The summed E-state index contributed by atoms with van der Waals surface area (Å²) in [6, 6.07) is 0. The van der Waals surface area contributed by atoms with Crippen molar-refractivity contribution in [2.45, 2.75) is 12.5 Å². The van der Waals surface area contributed by atoms with Gasteiger partial charge >= 0.3 is 0 Å². The van der Waals surface area contributed by atoms with Gasteiger partial charge in [-0.2, -0.15) is 0 Å². The highest BCUT2D eigenvalue weighted by atomic mass is 16.5. The molecule has 0 aliphatic carbocycles. The van der Waals surface area contributed by atoms with Gasteiger partial charge in [-0.3, -0.25) is 0 Å². The maximum atomic E-state index is 9.30. The van der Waals surface area contributed by atoms with Gasteiger partial charge < -0.3 is 19.9 Å². The molecule has 0 bridgehead atoms. The Morgan fingerprint density at radius 2 is 2.54 bits per heavy atom. The molecule has 2 atom stereocenters. The Balaban J connectivity index is 1.93. The third-order valence-corrected chi connectivity index (χ3v) is 2.13. The fourth-order valence-electron chi connectivity index (χ4n) is 1.38. The van der Waals surface area contributed by atoms with Gasteiger partial charge in [-0.25, -0.2) is 0 Å². The molecule has 0 radical (unpaired) electrons. The Hall–Kier alpha value is -0.160. The van der Waals surface area contributed by atoms with Crippen molar-refractivity contribution < 1.29 is 14.6 Å². The highest BCUT2D eigenvalue weighted by Crippen LogP contribution is 2.12. The molecule has 1 aliphatic heterocycles. The molecule has 1 heterocycles. The van der Waals surface area contributed by atoms with E-state index in [-0.39, 0.29) is 0 Å². The van der Waals surface area contributed by atoms with Crippen LogP contribution in [0.4, 0.5) is 0 Å². The van der Waals surface area contributed by atoms with Crippen LogP contribution in [-0.2, 0) is 9.47 Å². The van der Waals surface area contributed by atoms with Gasteiger partial charge in [0.1, 0.15) is 0 Å². The highest BCUT2D eigenvalue weighted by molar-refractivity contribution is 4.63. The first kappa shape index (κ1) is 10.9. The minimum Gasteiger partial charge on any atom is -0.389 e. The van der Waals surface area contributed by atoms with E-state index in [4.69, 9.17) is 9.47 Å². The Kier molecular flexibility index (Phi) is 5.31. The van der Waals surface area contributed by atoms with Gasteiger partial charge in [0, 0.05) is 19.1 Å². The molecule has 1 fully saturated rings. The lowest BCUT2D eigenvalue weighted by atomic mass is 10.1. The zero-order valence-corrected chi connectivity index (χ0v) is 8.16. The topological polar surface area (TPSA) is 50.7 Å². The lowest BCUT2D eigenvalue weighted by molar-refractivity contribution is 0.0205. The molecule has 0 aromatic rings. The van der Waals surface area contributed by atoms with E-state index in [1.54, 1.807) is 0 Å². The van der Waals surface area contributed by atoms with E-state index in [1.807, 2.05) is 7.05 Å². The molecule has 1 saturated heterocycles. The van der Waals surface area contributed by atoms with Crippen molar-refractivity contribution in [1.29, 1.82) is 0 Å². The Labute approximate surface area is 79.2 Å². The average Bonchev–Trinajstić information content (AvgIpc) is 2.57. The van der Waals surface area contributed by atoms with Crippen LogP contribution in [0, 0.1) is 5.92 Å². The fraction of sp³-hybridized carbons (Fsp3) is 1.00. The SMILES string of the molecule is CNCC(O)COCC1CCOC1. The second-order valence-electron chi connectivity index (χ2n) is 3.48. The van der Waals surface area contributed by atoms with Crippen LogP contribution in [0.3, 0.4) is 0 Å². The quantitative estimate of drug-likeness (QED) is 0.598. The van der Waals surface area contributed by atoms with Crippen LogP contribution >= 0.6 is 0 Å². The summed E-state index contributed by atoms with van der Waals surface area (Å²) in [7, 11) is 1.81. The Morgan fingerprint density at radius 3 is 3.15 bits per heavy atom. The van der Waals surface area contributed by atoms with Gasteiger partial charge in [-0.15, -0.1) is 0 Å². The van der Waals surface area contributed by atoms with Crippen molar-refractivity contribution in [2.75, 3.05) is 40.0 Å². The van der Waals surface area contributed by atoms with Crippen LogP contribution in [0.1, 0.15) is 6.42 Å². The number of rotatable bonds is 6. The molecule has 0 aromatic heterocycles. The van der Waals surface area contributed by atoms with Crippen LogP contribution in [0.5, 0.6) is 0 Å². The highest BCUT2D eigenvalue weighted by Gasteiger charge is 2.15. The van der Waals surface area contributed by atoms with Gasteiger partial charge in [0.2, 0.25) is 0 Å². The zero-order chi connectivity index (χ0) is 9.52. The monoisotopic (exact) mass is 189 g/mol. The largest absolute Gasteiger partial charge is 0.389 e. The molecule has 1 rings (SSSR count). The average molecular weight is 189 g/mol. The number of ether oxygens (including phenoxy) is 2. The Bertz CT molecular complexity index is 126. The van der Waals surface area contributed by atoms with E-state index in [2.05, 4.69) is 5.32 Å². The second kappa shape index (κ2) is 6.32. The normalized spacial score (nSPS) is 24.9. The molecule has 2 N–H and O–H groups in total. The number of hydrogen-bond acceptors (Lipinski definition) is 4. The molecule has 2 unspecified atom stereocenters. The fourth-order valence-corrected chi connectivity index (χ4v) is 1.38. The molecule has 4 nitrogen and oxygen atoms in total. The van der Waals surface area contributed by atoms with Crippen LogP contribution in [0.15, 0.2) is 0 Å². The third kappa shape index (κ3) is 4.57. The summed E-state index contributed by atoms with van der Waals surface area (Å²) in [5, 5.41) is 12.2. The standard InChI is InChI=1S/C9H19NO3/c1-10-4-9(11)7-13-6-8-2-3-12-5-8/h8-11H,2-7H2,1H3.